The van der Waals surface area contributed by atoms with Crippen LogP contribution in [0.2, 0.25) is 0 Å². The van der Waals surface area contributed by atoms with Crippen molar-refractivity contribution in [2.24, 2.45) is 70.5 Å². The maximum atomic E-state index is 12.8. The van der Waals surface area contributed by atoms with Crippen molar-refractivity contribution in [1.82, 2.24) is 98.7 Å². The number of rotatable bonds is 24. The van der Waals surface area contributed by atoms with E-state index < -0.39 is 16.9 Å². The van der Waals surface area contributed by atoms with Crippen LogP contribution in [0.15, 0.2) is 198 Å². The zero-order valence-corrected chi connectivity index (χ0v) is 80.3. The van der Waals surface area contributed by atoms with Crippen LogP contribution < -0.4 is 61.6 Å². The molecule has 126 heavy (non-hydrogen) atoms. The molecule has 0 aliphatic carbocycles. The highest BCUT2D eigenvalue weighted by Crippen LogP contribution is 2.25. The van der Waals surface area contributed by atoms with Crippen molar-refractivity contribution in [2.75, 3.05) is 19.8 Å². The number of nitrogens with zero attached hydrogens (tertiary/aromatic N) is 20. The van der Waals surface area contributed by atoms with Gasteiger partial charge in [0.05, 0.1) is 13.0 Å². The Labute approximate surface area is 763 Å². The van der Waals surface area contributed by atoms with Crippen LogP contribution in [0.3, 0.4) is 0 Å². The van der Waals surface area contributed by atoms with Crippen LogP contribution in [0.25, 0.3) is 61.9 Å². The van der Waals surface area contributed by atoms with E-state index in [0.717, 1.165) is 129 Å². The number of carbonyl (C=O) groups excluding carboxylic acids is 1. The molecule has 0 radical (unpaired) electrons. The first-order valence-corrected chi connectivity index (χ1v) is 44.5. The minimum absolute atomic E-state index is 0.0278. The average Bonchev–Trinajstić information content (AvgIpc) is 1.61. The molecular weight excluding hydrogens is 1940 g/mol. The average molecular weight is 2040 g/mol. The smallest absolute Gasteiger partial charge is 0.332 e. The largest absolute Gasteiger partial charge is 0.381 e. The highest BCUT2D eigenvalue weighted by molar-refractivity contribution is 9.11. The van der Waals surface area contributed by atoms with E-state index in [-0.39, 0.29) is 57.3 Å². The van der Waals surface area contributed by atoms with E-state index in [1.165, 1.54) is 58.1 Å². The van der Waals surface area contributed by atoms with Gasteiger partial charge in [-0.05, 0) is 120 Å². The van der Waals surface area contributed by atoms with E-state index >= 15 is 0 Å². The SMILES string of the molecule is C=Cc1nc2c(c(=O)n(C)c(=O)n2C)n1Cc1cccc(Br)c1.CCCNC(=O)Cc1nc2c(c(=O)n(C)c(=O)n2C)n1Cc1cccc(Br)c1.CCCOCCc1nc2c(c(=O)n(C)c(=O)n2C)n1Cc1cccc(Br)c1.CCCc1nc2c(c(=O)n(C)c(=O)n2C)n1Cc1cccc(Br)c1.CCCc1nc2c(c(=O)n(C)c(=O)n2C)n1Cc1cccc(Br)c1. The second-order valence-corrected chi connectivity index (χ2v) is 34.7. The summed E-state index contributed by atoms with van der Waals surface area (Å²) in [5, 5.41) is 2.83. The van der Waals surface area contributed by atoms with Gasteiger partial charge in [0.15, 0.2) is 55.8 Å². The number of nitrogens with one attached hydrogen (secondary N) is 1. The number of hydrogen-bond acceptors (Lipinski definition) is 17. The number of imidazole rings is 5. The first kappa shape index (κ1) is 95.1. The summed E-state index contributed by atoms with van der Waals surface area (Å²) in [7, 11) is 15.5. The summed E-state index contributed by atoms with van der Waals surface area (Å²) in [6.45, 7) is 16.1. The van der Waals surface area contributed by atoms with Gasteiger partial charge in [-0.25, -0.2) is 48.9 Å². The maximum absolute atomic E-state index is 12.8. The fourth-order valence-corrected chi connectivity index (χ4v) is 16.8. The molecule has 15 rings (SSSR count). The first-order valence-electron chi connectivity index (χ1n) is 40.5. The molecule has 10 aromatic heterocycles. The molecule has 0 aliphatic heterocycles. The van der Waals surface area contributed by atoms with E-state index in [2.05, 4.69) is 137 Å². The Balaban J connectivity index is 0.000000153. The molecular formula is C88H98Br5N21O12. The zero-order valence-electron chi connectivity index (χ0n) is 72.4. The van der Waals surface area contributed by atoms with Gasteiger partial charge in [0.1, 0.15) is 29.1 Å². The third kappa shape index (κ3) is 20.6. The third-order valence-electron chi connectivity index (χ3n) is 21.1. The molecule has 33 nitrogen and oxygen atoms in total. The number of fused-ring (bicyclic) bond motifs is 5. The van der Waals surface area contributed by atoms with Crippen molar-refractivity contribution in [1.29, 1.82) is 0 Å². The van der Waals surface area contributed by atoms with Crippen LogP contribution in [-0.4, -0.2) is 119 Å². The van der Waals surface area contributed by atoms with Crippen molar-refractivity contribution < 1.29 is 9.53 Å². The van der Waals surface area contributed by atoms with Gasteiger partial charge in [-0.2, -0.15) is 0 Å². The normalized spacial score (nSPS) is 11.3. The summed E-state index contributed by atoms with van der Waals surface area (Å²) in [4.78, 5) is 159. The van der Waals surface area contributed by atoms with E-state index in [1.54, 1.807) is 50.4 Å². The lowest BCUT2D eigenvalue weighted by molar-refractivity contribution is -0.120. The zero-order chi connectivity index (χ0) is 91.6. The van der Waals surface area contributed by atoms with Gasteiger partial charge in [-0.3, -0.25) is 74.4 Å². The van der Waals surface area contributed by atoms with Crippen LogP contribution in [0.4, 0.5) is 0 Å². The van der Waals surface area contributed by atoms with Crippen molar-refractivity contribution in [3.8, 4) is 0 Å². The molecule has 0 spiro atoms. The summed E-state index contributed by atoms with van der Waals surface area (Å²) in [6, 6.07) is 39.4. The van der Waals surface area contributed by atoms with Crippen LogP contribution in [-0.2, 0) is 138 Å². The molecule has 0 saturated carbocycles. The fourth-order valence-electron chi connectivity index (χ4n) is 14.6. The number of aryl methyl sites for hydroxylation is 7. The molecule has 662 valence electrons. The number of carbonyl (C=O) groups is 1. The van der Waals surface area contributed by atoms with Gasteiger partial charge >= 0.3 is 28.4 Å². The van der Waals surface area contributed by atoms with E-state index in [4.69, 9.17) is 4.74 Å². The predicted octanol–water partition coefficient (Wildman–Crippen LogP) is 9.81. The molecule has 5 aromatic carbocycles. The Hall–Kier alpha value is -11.6. The number of halogens is 5. The van der Waals surface area contributed by atoms with Crippen LogP contribution in [0, 0.1) is 0 Å². The Kier molecular flexibility index (Phi) is 31.5. The molecule has 38 heteroatoms. The highest BCUT2D eigenvalue weighted by atomic mass is 79.9. The van der Waals surface area contributed by atoms with Crippen LogP contribution >= 0.6 is 79.6 Å². The molecule has 0 saturated heterocycles. The lowest BCUT2D eigenvalue weighted by Gasteiger charge is -2.10. The minimum Gasteiger partial charge on any atom is -0.381 e. The summed E-state index contributed by atoms with van der Waals surface area (Å²) in [6.07, 6.45) is 7.28. The number of aromatic nitrogens is 20. The lowest BCUT2D eigenvalue weighted by atomic mass is 10.2. The second-order valence-electron chi connectivity index (χ2n) is 30.1. The minimum atomic E-state index is -0.452. The molecule has 0 bridgehead atoms. The lowest BCUT2D eigenvalue weighted by Crippen LogP contribution is -2.37. The Morgan fingerprint density at radius 2 is 0.603 bits per heavy atom. The van der Waals surface area contributed by atoms with Gasteiger partial charge in [-0.15, -0.1) is 0 Å². The van der Waals surface area contributed by atoms with Crippen molar-refractivity contribution in [2.45, 2.75) is 112 Å². The maximum Gasteiger partial charge on any atom is 0.332 e. The number of ether oxygens (including phenoxy) is 1. The summed E-state index contributed by atoms with van der Waals surface area (Å²) in [5.41, 5.74) is 5.46. The summed E-state index contributed by atoms with van der Waals surface area (Å²) < 4.78 is 32.2. The molecule has 0 fully saturated rings. The molecule has 0 aliphatic rings. The quantitative estimate of drug-likeness (QED) is 0.0550. The van der Waals surface area contributed by atoms with Crippen LogP contribution in [0.1, 0.15) is 110 Å². The Morgan fingerprint density at radius 1 is 0.341 bits per heavy atom. The summed E-state index contributed by atoms with van der Waals surface area (Å²) in [5.74, 6) is 3.21. The number of hydrogen-bond donors (Lipinski definition) is 1. The molecule has 1 N–H and O–H groups in total. The van der Waals surface area contributed by atoms with E-state index in [0.29, 0.717) is 121 Å². The van der Waals surface area contributed by atoms with Gasteiger partial charge < -0.3 is 32.9 Å². The van der Waals surface area contributed by atoms with Crippen molar-refractivity contribution in [3.63, 3.8) is 0 Å². The van der Waals surface area contributed by atoms with Gasteiger partial charge in [0.2, 0.25) is 5.91 Å². The molecule has 15 aromatic rings. The van der Waals surface area contributed by atoms with E-state index in [1.807, 2.05) is 142 Å². The van der Waals surface area contributed by atoms with Gasteiger partial charge in [0, 0.05) is 158 Å². The van der Waals surface area contributed by atoms with Gasteiger partial charge in [-0.1, -0.05) is 175 Å². The monoisotopic (exact) mass is 2040 g/mol. The van der Waals surface area contributed by atoms with Crippen LogP contribution in [0.5, 0.6) is 0 Å². The second kappa shape index (κ2) is 41.7. The number of benzene rings is 5. The standard InChI is InChI=1S/C19H22BrN5O3.C19H23BrN4O3.2C17H19BrN4O2.C16H15BrN4O2/c1-4-8-21-15(26)10-14-22-17-16(18(27)24(3)19(28)23(17)2)25(14)11-12-6-5-7-13(20)9-12;1-4-9-27-10-8-15-21-17-16(18(25)23(3)19(26)22(17)2)24(15)12-13-6-5-7-14(20)11-13;2*1-4-6-13-19-15-14(16(23)21(3)17(24)20(15)2)22(13)10-11-7-5-8-12(18)9-11;1-4-12-18-14-13(15(22)20(3)16(23)19(14)2)21(12)9-10-6-5-7-11(17)8-10/h5-7,9H,4,8,10-11H2,1-3H3,(H,21,26);5-7,11H,4,8-10,12H2,1-3H3;2*5,7-9H,4,6,10H2,1-3H3;4-8H,1,9H2,2-3H3. The number of amides is 1. The predicted molar refractivity (Wildman–Crippen MR) is 507 cm³/mol. The topological polar surface area (TPSA) is 347 Å². The third-order valence-corrected chi connectivity index (χ3v) is 23.5. The van der Waals surface area contributed by atoms with Crippen molar-refractivity contribution in [3.05, 3.63) is 311 Å². The molecule has 10 heterocycles. The first-order chi connectivity index (χ1) is 60.1. The summed E-state index contributed by atoms with van der Waals surface area (Å²) >= 11 is 17.3. The van der Waals surface area contributed by atoms with E-state index in [9.17, 15) is 52.7 Å². The highest BCUT2D eigenvalue weighted by Gasteiger charge is 2.26. The molecule has 0 atom stereocenters. The van der Waals surface area contributed by atoms with Crippen molar-refractivity contribution >= 4 is 147 Å². The fraction of sp³-hybridized carbons (Fsp3) is 0.341. The van der Waals surface area contributed by atoms with Gasteiger partial charge in [0.25, 0.3) is 27.8 Å². The molecule has 0 unspecified atom stereocenters. The Bertz CT molecular complexity index is 7170. The molecule has 1 amide bonds. The Morgan fingerprint density at radius 3 is 0.873 bits per heavy atom.